The Morgan fingerprint density at radius 2 is 2.06 bits per heavy atom. The number of ketones is 1. The van der Waals surface area contributed by atoms with Crippen molar-refractivity contribution < 1.29 is 9.53 Å². The van der Waals surface area contributed by atoms with Gasteiger partial charge in [-0.15, -0.1) is 11.3 Å². The molecule has 2 rings (SSSR count). The van der Waals surface area contributed by atoms with Crippen molar-refractivity contribution in [2.24, 2.45) is 0 Å². The fraction of sp³-hybridized carbons (Fsp3) is 0.0833. The van der Waals surface area contributed by atoms with Crippen LogP contribution >= 0.6 is 50.5 Å². The largest absolute Gasteiger partial charge is 0.484 e. The van der Waals surface area contributed by atoms with Gasteiger partial charge in [0.1, 0.15) is 10.8 Å². The average Bonchev–Trinajstić information content (AvgIpc) is 2.77. The highest BCUT2D eigenvalue weighted by molar-refractivity contribution is 9.11. The van der Waals surface area contributed by atoms with Gasteiger partial charge in [-0.2, -0.15) is 0 Å². The van der Waals surface area contributed by atoms with Crippen LogP contribution in [-0.4, -0.2) is 12.4 Å². The van der Waals surface area contributed by atoms with Crippen LogP contribution in [0.5, 0.6) is 5.75 Å². The van der Waals surface area contributed by atoms with Crippen molar-refractivity contribution in [3.63, 3.8) is 0 Å². The molecule has 0 saturated heterocycles. The summed E-state index contributed by atoms with van der Waals surface area (Å²) in [4.78, 5) is 12.5. The summed E-state index contributed by atoms with van der Waals surface area (Å²) < 4.78 is 6.28. The molecule has 2 aromatic rings. The minimum atomic E-state index is -0.0956. The fourth-order valence-corrected chi connectivity index (χ4v) is 2.93. The highest BCUT2D eigenvalue weighted by Crippen LogP contribution is 2.31. The van der Waals surface area contributed by atoms with Gasteiger partial charge in [-0.1, -0.05) is 29.3 Å². The quantitative estimate of drug-likeness (QED) is 0.706. The Balaban J connectivity index is 2.04. The number of ether oxygens (including phenoxy) is 1. The highest BCUT2D eigenvalue weighted by Gasteiger charge is 2.11. The molecular weight excluding hydrogens is 359 g/mol. The second-order valence-corrected chi connectivity index (χ2v) is 6.62. The van der Waals surface area contributed by atoms with Crippen molar-refractivity contribution in [2.75, 3.05) is 6.61 Å². The molecule has 1 aromatic carbocycles. The fourth-order valence-electron chi connectivity index (χ4n) is 1.27. The van der Waals surface area contributed by atoms with E-state index in [-0.39, 0.29) is 12.4 Å². The minimum Gasteiger partial charge on any atom is -0.484 e. The Labute approximate surface area is 127 Å². The standard InChI is InChI=1S/C12H7BrCl2O2S/c13-11-5-4-10(18-11)8(16)6-17-9-3-1-2-7(14)12(9)15/h1-5H,6H2. The topological polar surface area (TPSA) is 26.3 Å². The average molecular weight is 366 g/mol. The lowest BCUT2D eigenvalue weighted by molar-refractivity contribution is 0.0925. The number of carbonyl (C=O) groups is 1. The van der Waals surface area contributed by atoms with E-state index < -0.39 is 0 Å². The zero-order valence-electron chi connectivity index (χ0n) is 8.95. The summed E-state index contributed by atoms with van der Waals surface area (Å²) in [7, 11) is 0. The van der Waals surface area contributed by atoms with Crippen LogP contribution in [0.15, 0.2) is 34.1 Å². The molecular formula is C12H7BrCl2O2S. The molecule has 6 heteroatoms. The van der Waals surface area contributed by atoms with Gasteiger partial charge in [0.15, 0.2) is 6.61 Å². The van der Waals surface area contributed by atoms with Gasteiger partial charge < -0.3 is 4.74 Å². The molecule has 0 saturated carbocycles. The van der Waals surface area contributed by atoms with Gasteiger partial charge in [-0.3, -0.25) is 4.79 Å². The number of Topliss-reactive ketones (excluding diaryl/α,β-unsaturated/α-hetero) is 1. The first-order valence-corrected chi connectivity index (χ1v) is 7.30. The number of rotatable bonds is 4. The molecule has 0 aliphatic heterocycles. The zero-order valence-corrected chi connectivity index (χ0v) is 12.9. The number of hydrogen-bond donors (Lipinski definition) is 0. The lowest BCUT2D eigenvalue weighted by Crippen LogP contribution is -2.10. The molecule has 1 heterocycles. The Morgan fingerprint density at radius 3 is 2.72 bits per heavy atom. The van der Waals surface area contributed by atoms with Crippen LogP contribution in [0.1, 0.15) is 9.67 Å². The first-order chi connectivity index (χ1) is 8.58. The highest BCUT2D eigenvalue weighted by atomic mass is 79.9. The predicted molar refractivity (Wildman–Crippen MR) is 78.3 cm³/mol. The van der Waals surface area contributed by atoms with E-state index in [1.54, 1.807) is 24.3 Å². The summed E-state index contributed by atoms with van der Waals surface area (Å²) in [5.74, 6) is 0.315. The Morgan fingerprint density at radius 1 is 1.28 bits per heavy atom. The number of benzene rings is 1. The maximum absolute atomic E-state index is 11.8. The number of hydrogen-bond acceptors (Lipinski definition) is 3. The van der Waals surface area contributed by atoms with Crippen LogP contribution in [0.4, 0.5) is 0 Å². The summed E-state index contributed by atoms with van der Waals surface area (Å²) >= 11 is 16.5. The van der Waals surface area contributed by atoms with Crippen LogP contribution in [0.2, 0.25) is 10.0 Å². The van der Waals surface area contributed by atoms with E-state index in [2.05, 4.69) is 15.9 Å². The molecule has 0 N–H and O–H groups in total. The Hall–Kier alpha value is -0.550. The first kappa shape index (κ1) is 13.9. The van der Waals surface area contributed by atoms with Gasteiger partial charge in [-0.05, 0) is 40.2 Å². The van der Waals surface area contributed by atoms with E-state index in [1.165, 1.54) is 11.3 Å². The molecule has 0 fully saturated rings. The van der Waals surface area contributed by atoms with Crippen molar-refractivity contribution >= 4 is 56.3 Å². The minimum absolute atomic E-state index is 0.0625. The van der Waals surface area contributed by atoms with Crippen LogP contribution < -0.4 is 4.74 Å². The molecule has 0 amide bonds. The van der Waals surface area contributed by atoms with Crippen molar-refractivity contribution in [1.82, 2.24) is 0 Å². The Bertz CT molecular complexity index is 583. The lowest BCUT2D eigenvalue weighted by Gasteiger charge is -2.07. The van der Waals surface area contributed by atoms with E-state index in [0.717, 1.165) is 3.79 Å². The molecule has 18 heavy (non-hydrogen) atoms. The molecule has 1 aromatic heterocycles. The van der Waals surface area contributed by atoms with Crippen molar-refractivity contribution in [3.8, 4) is 5.75 Å². The van der Waals surface area contributed by atoms with Gasteiger partial charge in [0.2, 0.25) is 5.78 Å². The summed E-state index contributed by atoms with van der Waals surface area (Å²) in [6.07, 6.45) is 0. The third kappa shape index (κ3) is 3.26. The van der Waals surface area contributed by atoms with Gasteiger partial charge >= 0.3 is 0 Å². The Kier molecular flexibility index (Phi) is 4.67. The summed E-state index contributed by atoms with van der Waals surface area (Å²) in [5.41, 5.74) is 0. The molecule has 94 valence electrons. The lowest BCUT2D eigenvalue weighted by atomic mass is 10.3. The normalized spacial score (nSPS) is 10.4. The predicted octanol–water partition coefficient (Wildman–Crippen LogP) is 5.08. The van der Waals surface area contributed by atoms with Crippen molar-refractivity contribution in [2.45, 2.75) is 0 Å². The molecule has 0 aliphatic carbocycles. The monoisotopic (exact) mass is 364 g/mol. The van der Waals surface area contributed by atoms with Gasteiger partial charge in [0, 0.05) is 0 Å². The van der Waals surface area contributed by atoms with E-state index in [0.29, 0.717) is 20.7 Å². The van der Waals surface area contributed by atoms with Crippen molar-refractivity contribution in [1.29, 1.82) is 0 Å². The van der Waals surface area contributed by atoms with Crippen molar-refractivity contribution in [3.05, 3.63) is 49.0 Å². The molecule has 0 unspecified atom stereocenters. The third-order valence-corrected chi connectivity index (χ3v) is 4.59. The van der Waals surface area contributed by atoms with E-state index in [1.807, 2.05) is 6.07 Å². The summed E-state index contributed by atoms with van der Waals surface area (Å²) in [5, 5.41) is 0.722. The van der Waals surface area contributed by atoms with E-state index >= 15 is 0 Å². The number of halogens is 3. The number of thiophene rings is 1. The van der Waals surface area contributed by atoms with Gasteiger partial charge in [-0.25, -0.2) is 0 Å². The van der Waals surface area contributed by atoms with E-state index in [4.69, 9.17) is 27.9 Å². The van der Waals surface area contributed by atoms with Crippen LogP contribution in [0.3, 0.4) is 0 Å². The van der Waals surface area contributed by atoms with E-state index in [9.17, 15) is 4.79 Å². The summed E-state index contributed by atoms with van der Waals surface area (Å²) in [6.45, 7) is -0.0625. The number of carbonyl (C=O) groups excluding carboxylic acids is 1. The molecule has 0 spiro atoms. The summed E-state index contributed by atoms with van der Waals surface area (Å²) in [6, 6.07) is 8.63. The molecule has 0 atom stereocenters. The van der Waals surface area contributed by atoms with Gasteiger partial charge in [0.05, 0.1) is 13.7 Å². The second kappa shape index (κ2) is 6.06. The molecule has 0 bridgehead atoms. The zero-order chi connectivity index (χ0) is 13.1. The first-order valence-electron chi connectivity index (χ1n) is 4.93. The van der Waals surface area contributed by atoms with Crippen LogP contribution in [0, 0.1) is 0 Å². The molecule has 0 radical (unpaired) electrons. The molecule has 2 nitrogen and oxygen atoms in total. The van der Waals surface area contributed by atoms with Crippen LogP contribution in [-0.2, 0) is 0 Å². The maximum atomic E-state index is 11.8. The third-order valence-electron chi connectivity index (χ3n) is 2.12. The smallest absolute Gasteiger partial charge is 0.210 e. The maximum Gasteiger partial charge on any atom is 0.210 e. The SMILES string of the molecule is O=C(COc1cccc(Cl)c1Cl)c1ccc(Br)s1. The molecule has 0 aliphatic rings. The van der Waals surface area contributed by atoms with Gasteiger partial charge in [0.25, 0.3) is 0 Å². The second-order valence-electron chi connectivity index (χ2n) is 3.37. The van der Waals surface area contributed by atoms with Crippen LogP contribution in [0.25, 0.3) is 0 Å².